The van der Waals surface area contributed by atoms with Crippen LogP contribution in [0.2, 0.25) is 0 Å². The summed E-state index contributed by atoms with van der Waals surface area (Å²) in [4.78, 5) is 21.6. The van der Waals surface area contributed by atoms with Gasteiger partial charge in [0.2, 0.25) is 0 Å². The molecule has 3 N–H and O–H groups in total. The third-order valence-corrected chi connectivity index (χ3v) is 1.74. The van der Waals surface area contributed by atoms with Gasteiger partial charge in [-0.3, -0.25) is 0 Å². The number of carboxylic acids is 1. The molecule has 1 atom stereocenters. The number of carbonyl (C=O) groups is 2. The van der Waals surface area contributed by atoms with Crippen LogP contribution in [0.1, 0.15) is 6.92 Å². The lowest BCUT2D eigenvalue weighted by Crippen LogP contribution is -2.43. The summed E-state index contributed by atoms with van der Waals surface area (Å²) in [6, 6.07) is -0.442. The van der Waals surface area contributed by atoms with Gasteiger partial charge in [-0.25, -0.2) is 9.59 Å². The molecule has 2 amide bonds. The first-order chi connectivity index (χ1) is 7.61. The molecule has 0 aromatic heterocycles. The summed E-state index contributed by atoms with van der Waals surface area (Å²) >= 11 is 0. The second-order valence-electron chi connectivity index (χ2n) is 2.90. The second kappa shape index (κ2) is 8.93. The number of aliphatic carboxylic acids is 1. The highest BCUT2D eigenvalue weighted by atomic mass is 16.5. The number of rotatable bonds is 8. The normalized spacial score (nSPS) is 11.9. The lowest BCUT2D eigenvalue weighted by Gasteiger charge is -2.12. The number of hydrogen-bond acceptors (Lipinski definition) is 4. The van der Waals surface area contributed by atoms with E-state index in [1.54, 1.807) is 0 Å². The smallest absolute Gasteiger partial charge is 0.334 e. The summed E-state index contributed by atoms with van der Waals surface area (Å²) in [5.41, 5.74) is 0. The van der Waals surface area contributed by atoms with Crippen molar-refractivity contribution in [2.75, 3.05) is 33.4 Å². The molecule has 7 nitrogen and oxygen atoms in total. The average Bonchev–Trinajstić information content (AvgIpc) is 2.25. The van der Waals surface area contributed by atoms with Gasteiger partial charge in [-0.1, -0.05) is 0 Å². The van der Waals surface area contributed by atoms with Crippen molar-refractivity contribution in [1.82, 2.24) is 10.6 Å². The van der Waals surface area contributed by atoms with Crippen molar-refractivity contribution in [3.63, 3.8) is 0 Å². The standard InChI is InChI=1S/C9H18N2O5/c1-3-16-5-4-10-9(14)11-6-7(15-2)8(12)13/h7H,3-6H2,1-2H3,(H,12,13)(H2,10,11,14). The van der Waals surface area contributed by atoms with Crippen molar-refractivity contribution < 1.29 is 24.2 Å². The predicted molar refractivity (Wildman–Crippen MR) is 56.3 cm³/mol. The highest BCUT2D eigenvalue weighted by Gasteiger charge is 2.16. The maximum Gasteiger partial charge on any atom is 0.334 e. The Morgan fingerprint density at radius 1 is 1.38 bits per heavy atom. The fourth-order valence-electron chi connectivity index (χ4n) is 0.900. The van der Waals surface area contributed by atoms with Crippen LogP contribution in [0, 0.1) is 0 Å². The average molecular weight is 234 g/mol. The van der Waals surface area contributed by atoms with Crippen molar-refractivity contribution in [2.24, 2.45) is 0 Å². The highest BCUT2D eigenvalue weighted by Crippen LogP contribution is 1.87. The van der Waals surface area contributed by atoms with Gasteiger partial charge in [0.1, 0.15) is 0 Å². The van der Waals surface area contributed by atoms with Gasteiger partial charge >= 0.3 is 12.0 Å². The number of nitrogens with one attached hydrogen (secondary N) is 2. The van der Waals surface area contributed by atoms with Gasteiger partial charge in [0.25, 0.3) is 0 Å². The van der Waals surface area contributed by atoms with Gasteiger partial charge in [0, 0.05) is 20.3 Å². The van der Waals surface area contributed by atoms with Crippen molar-refractivity contribution >= 4 is 12.0 Å². The molecule has 0 aromatic carbocycles. The van der Waals surface area contributed by atoms with Crippen LogP contribution in [-0.2, 0) is 14.3 Å². The van der Waals surface area contributed by atoms with Gasteiger partial charge < -0.3 is 25.2 Å². The first-order valence-corrected chi connectivity index (χ1v) is 4.96. The van der Waals surface area contributed by atoms with E-state index in [4.69, 9.17) is 9.84 Å². The van der Waals surface area contributed by atoms with Crippen molar-refractivity contribution in [3.05, 3.63) is 0 Å². The van der Waals surface area contributed by atoms with Crippen LogP contribution in [0.25, 0.3) is 0 Å². The largest absolute Gasteiger partial charge is 0.479 e. The van der Waals surface area contributed by atoms with Crippen LogP contribution < -0.4 is 10.6 Å². The molecule has 0 rings (SSSR count). The van der Waals surface area contributed by atoms with Crippen molar-refractivity contribution in [1.29, 1.82) is 0 Å². The Labute approximate surface area is 94.1 Å². The Morgan fingerprint density at radius 3 is 2.56 bits per heavy atom. The van der Waals surface area contributed by atoms with Crippen LogP contribution >= 0.6 is 0 Å². The molecule has 0 saturated heterocycles. The van der Waals surface area contributed by atoms with Gasteiger partial charge in [-0.15, -0.1) is 0 Å². The molecule has 16 heavy (non-hydrogen) atoms. The van der Waals surface area contributed by atoms with Gasteiger partial charge in [-0.2, -0.15) is 0 Å². The minimum atomic E-state index is -1.11. The van der Waals surface area contributed by atoms with E-state index >= 15 is 0 Å². The van der Waals surface area contributed by atoms with E-state index in [0.717, 1.165) is 0 Å². The number of urea groups is 1. The van der Waals surface area contributed by atoms with E-state index in [9.17, 15) is 9.59 Å². The van der Waals surface area contributed by atoms with Gasteiger partial charge in [0.15, 0.2) is 6.10 Å². The molecule has 0 fully saturated rings. The number of amides is 2. The fraction of sp³-hybridized carbons (Fsp3) is 0.778. The number of carbonyl (C=O) groups excluding carboxylic acids is 1. The zero-order valence-electron chi connectivity index (χ0n) is 9.49. The second-order valence-corrected chi connectivity index (χ2v) is 2.90. The molecular weight excluding hydrogens is 216 g/mol. The van der Waals surface area contributed by atoms with E-state index in [1.807, 2.05) is 6.92 Å². The Balaban J connectivity index is 3.59. The first-order valence-electron chi connectivity index (χ1n) is 4.96. The minimum absolute atomic E-state index is 0.0771. The van der Waals surface area contributed by atoms with E-state index in [-0.39, 0.29) is 6.54 Å². The number of carboxylic acid groups (broad SMARTS) is 1. The van der Waals surface area contributed by atoms with Crippen LogP contribution in [0.5, 0.6) is 0 Å². The molecule has 94 valence electrons. The molecule has 0 aliphatic rings. The fourth-order valence-corrected chi connectivity index (χ4v) is 0.900. The molecule has 0 bridgehead atoms. The topological polar surface area (TPSA) is 96.9 Å². The summed E-state index contributed by atoms with van der Waals surface area (Å²) in [5.74, 6) is -1.11. The Kier molecular flexibility index (Phi) is 8.18. The van der Waals surface area contributed by atoms with Gasteiger partial charge in [0.05, 0.1) is 13.2 Å². The zero-order chi connectivity index (χ0) is 12.4. The molecule has 0 radical (unpaired) electrons. The maximum absolute atomic E-state index is 11.1. The molecule has 0 spiro atoms. The third kappa shape index (κ3) is 7.02. The van der Waals surface area contributed by atoms with Crippen molar-refractivity contribution in [3.8, 4) is 0 Å². The Morgan fingerprint density at radius 2 is 2.06 bits per heavy atom. The number of hydrogen-bond donors (Lipinski definition) is 3. The van der Waals surface area contributed by atoms with E-state index in [1.165, 1.54) is 7.11 Å². The van der Waals surface area contributed by atoms with Crippen molar-refractivity contribution in [2.45, 2.75) is 13.0 Å². The zero-order valence-corrected chi connectivity index (χ0v) is 9.49. The molecule has 0 saturated carbocycles. The summed E-state index contributed by atoms with van der Waals surface area (Å²) in [6.45, 7) is 3.18. The van der Waals surface area contributed by atoms with E-state index in [2.05, 4.69) is 15.4 Å². The number of methoxy groups -OCH3 is 1. The molecule has 0 aliphatic heterocycles. The molecule has 1 unspecified atom stereocenters. The Hall–Kier alpha value is -1.34. The van der Waals surface area contributed by atoms with Crippen LogP contribution in [0.15, 0.2) is 0 Å². The first kappa shape index (κ1) is 14.7. The number of ether oxygens (including phenoxy) is 2. The van der Waals surface area contributed by atoms with Gasteiger partial charge in [-0.05, 0) is 6.92 Å². The van der Waals surface area contributed by atoms with E-state index < -0.39 is 18.1 Å². The maximum atomic E-state index is 11.1. The molecular formula is C9H18N2O5. The predicted octanol–water partition coefficient (Wildman–Crippen LogP) is -0.578. The van der Waals surface area contributed by atoms with E-state index in [0.29, 0.717) is 19.8 Å². The monoisotopic (exact) mass is 234 g/mol. The molecule has 0 heterocycles. The lowest BCUT2D eigenvalue weighted by molar-refractivity contribution is -0.147. The quantitative estimate of drug-likeness (QED) is 0.488. The highest BCUT2D eigenvalue weighted by molar-refractivity contribution is 5.76. The molecule has 0 aliphatic carbocycles. The summed E-state index contributed by atoms with van der Waals surface area (Å²) < 4.78 is 9.65. The van der Waals surface area contributed by atoms with Crippen LogP contribution in [-0.4, -0.2) is 56.6 Å². The molecule has 7 heteroatoms. The third-order valence-electron chi connectivity index (χ3n) is 1.74. The lowest BCUT2D eigenvalue weighted by atomic mass is 10.3. The van der Waals surface area contributed by atoms with Crippen LogP contribution in [0.3, 0.4) is 0 Å². The summed E-state index contributed by atoms with van der Waals surface area (Å²) in [5, 5.41) is 13.5. The van der Waals surface area contributed by atoms with Crippen LogP contribution in [0.4, 0.5) is 4.79 Å². The Bertz CT molecular complexity index is 222. The summed E-state index contributed by atoms with van der Waals surface area (Å²) in [7, 11) is 1.27. The SMILES string of the molecule is CCOCCNC(=O)NCC(OC)C(=O)O. The minimum Gasteiger partial charge on any atom is -0.479 e. The molecule has 0 aromatic rings. The summed E-state index contributed by atoms with van der Waals surface area (Å²) in [6.07, 6.45) is -1.03.